The monoisotopic (exact) mass is 486 g/mol. The van der Waals surface area contributed by atoms with Crippen molar-refractivity contribution >= 4 is 29.0 Å². The van der Waals surface area contributed by atoms with Crippen LogP contribution in [0.3, 0.4) is 0 Å². The minimum absolute atomic E-state index is 0.0578. The Kier molecular flexibility index (Phi) is 8.01. The summed E-state index contributed by atoms with van der Waals surface area (Å²) in [5.74, 6) is 0.107. The van der Waals surface area contributed by atoms with E-state index in [1.165, 1.54) is 29.8 Å². The zero-order valence-electron chi connectivity index (χ0n) is 19.3. The van der Waals surface area contributed by atoms with Crippen LogP contribution in [0.15, 0.2) is 52.1 Å². The molecule has 9 nitrogen and oxygen atoms in total. The molecule has 3 rings (SSSR count). The molecule has 0 saturated carbocycles. The number of carbonyl (C=O) groups is 1. The lowest BCUT2D eigenvalue weighted by Crippen LogP contribution is -2.41. The Balaban J connectivity index is 2.25. The fraction of sp³-hybridized carbons (Fsp3) is 0.292. The number of nitrogens with two attached hydrogens (primary N) is 1. The van der Waals surface area contributed by atoms with Crippen molar-refractivity contribution in [2.75, 3.05) is 24.9 Å². The molecule has 1 heterocycles. The van der Waals surface area contributed by atoms with Crippen molar-refractivity contribution in [2.24, 2.45) is 0 Å². The van der Waals surface area contributed by atoms with Crippen molar-refractivity contribution in [3.8, 4) is 11.5 Å². The second-order valence-corrected chi connectivity index (χ2v) is 7.98. The Morgan fingerprint density at radius 3 is 2.50 bits per heavy atom. The lowest BCUT2D eigenvalue weighted by Gasteiger charge is -2.26. The number of aromatic amines is 1. The Hall–Kier alpha value is -3.72. The lowest BCUT2D eigenvalue weighted by atomic mass is 10.1. The molecule has 34 heavy (non-hydrogen) atoms. The van der Waals surface area contributed by atoms with Gasteiger partial charge in [0.25, 0.3) is 11.5 Å². The standard InChI is InChI=1S/C24H27ClN4O5/c1-4-5-12-28-21(26)20(22(30)27-24(28)32)29(14-15-8-6-7-9-18(15)33-2)23(31)17-13-16(25)10-11-19(17)34-3/h6-11,13H,4-5,12,14,26H2,1-3H3,(H,27,30,32). The maximum atomic E-state index is 13.8. The molecular formula is C24H27ClN4O5. The molecule has 0 unspecified atom stereocenters. The lowest BCUT2D eigenvalue weighted by molar-refractivity contribution is 0.0981. The molecule has 10 heteroatoms. The van der Waals surface area contributed by atoms with Gasteiger partial charge in [0, 0.05) is 17.1 Å². The van der Waals surface area contributed by atoms with Crippen LogP contribution in [0.5, 0.6) is 11.5 Å². The van der Waals surface area contributed by atoms with Crippen molar-refractivity contribution in [2.45, 2.75) is 32.9 Å². The van der Waals surface area contributed by atoms with Crippen LogP contribution in [0.4, 0.5) is 11.5 Å². The number of para-hydroxylation sites is 1. The molecule has 0 atom stereocenters. The molecule has 0 fully saturated rings. The summed E-state index contributed by atoms with van der Waals surface area (Å²) in [5.41, 5.74) is 5.53. The maximum absolute atomic E-state index is 13.8. The number of H-pyrrole nitrogens is 1. The quantitative estimate of drug-likeness (QED) is 0.478. The van der Waals surface area contributed by atoms with Gasteiger partial charge in [-0.15, -0.1) is 0 Å². The molecule has 0 saturated heterocycles. The summed E-state index contributed by atoms with van der Waals surface area (Å²) < 4.78 is 12.0. The SMILES string of the molecule is CCCCn1c(N)c(N(Cc2ccccc2OC)C(=O)c2cc(Cl)ccc2OC)c(=O)[nH]c1=O. The molecule has 0 aliphatic rings. The smallest absolute Gasteiger partial charge is 0.330 e. The first-order chi connectivity index (χ1) is 16.3. The number of nitrogen functional groups attached to an aromatic ring is 1. The Morgan fingerprint density at radius 2 is 1.82 bits per heavy atom. The van der Waals surface area contributed by atoms with Gasteiger partial charge in [-0.05, 0) is 30.7 Å². The molecular weight excluding hydrogens is 460 g/mol. The summed E-state index contributed by atoms with van der Waals surface area (Å²) in [6.07, 6.45) is 1.47. The fourth-order valence-electron chi connectivity index (χ4n) is 3.63. The third-order valence-electron chi connectivity index (χ3n) is 5.38. The predicted molar refractivity (Wildman–Crippen MR) is 132 cm³/mol. The van der Waals surface area contributed by atoms with E-state index in [0.29, 0.717) is 29.3 Å². The number of halogens is 1. The van der Waals surface area contributed by atoms with Crippen molar-refractivity contribution in [3.63, 3.8) is 0 Å². The molecule has 2 aromatic carbocycles. The minimum Gasteiger partial charge on any atom is -0.496 e. The number of rotatable bonds is 9. The number of aromatic nitrogens is 2. The van der Waals surface area contributed by atoms with Gasteiger partial charge in [-0.1, -0.05) is 43.1 Å². The second kappa shape index (κ2) is 10.9. The van der Waals surface area contributed by atoms with E-state index in [1.54, 1.807) is 36.4 Å². The van der Waals surface area contributed by atoms with Crippen LogP contribution >= 0.6 is 11.6 Å². The number of anilines is 2. The van der Waals surface area contributed by atoms with Gasteiger partial charge in [0.1, 0.15) is 17.3 Å². The number of nitrogens with zero attached hydrogens (tertiary/aromatic N) is 2. The molecule has 0 bridgehead atoms. The van der Waals surface area contributed by atoms with Gasteiger partial charge in [-0.25, -0.2) is 4.79 Å². The number of nitrogens with one attached hydrogen (secondary N) is 1. The van der Waals surface area contributed by atoms with Gasteiger partial charge in [0.2, 0.25) is 0 Å². The molecule has 0 aliphatic carbocycles. The number of benzene rings is 2. The molecule has 0 spiro atoms. The normalized spacial score (nSPS) is 10.7. The Labute approximate surface area is 201 Å². The first-order valence-electron chi connectivity index (χ1n) is 10.7. The summed E-state index contributed by atoms with van der Waals surface area (Å²) in [5, 5.41) is 0.316. The third-order valence-corrected chi connectivity index (χ3v) is 5.61. The van der Waals surface area contributed by atoms with E-state index >= 15 is 0 Å². The highest BCUT2D eigenvalue weighted by Crippen LogP contribution is 2.30. The Bertz CT molecular complexity index is 1300. The second-order valence-electron chi connectivity index (χ2n) is 7.55. The molecule has 0 radical (unpaired) electrons. The van der Waals surface area contributed by atoms with Gasteiger partial charge in [-0.3, -0.25) is 24.0 Å². The highest BCUT2D eigenvalue weighted by molar-refractivity contribution is 6.31. The molecule has 180 valence electrons. The van der Waals surface area contributed by atoms with E-state index in [2.05, 4.69) is 4.98 Å². The molecule has 3 N–H and O–H groups in total. The van der Waals surface area contributed by atoms with Crippen LogP contribution < -0.4 is 31.4 Å². The number of ether oxygens (including phenoxy) is 2. The van der Waals surface area contributed by atoms with Crippen molar-refractivity contribution in [1.29, 1.82) is 0 Å². The van der Waals surface area contributed by atoms with Crippen molar-refractivity contribution in [3.05, 3.63) is 79.5 Å². The number of amides is 1. The fourth-order valence-corrected chi connectivity index (χ4v) is 3.80. The average Bonchev–Trinajstić information content (AvgIpc) is 2.83. The van der Waals surface area contributed by atoms with E-state index < -0.39 is 17.2 Å². The first kappa shape index (κ1) is 24.9. The number of carbonyl (C=O) groups excluding carboxylic acids is 1. The van der Waals surface area contributed by atoms with Crippen LogP contribution in [0, 0.1) is 0 Å². The molecule has 1 amide bonds. The minimum atomic E-state index is -0.778. The highest BCUT2D eigenvalue weighted by Gasteiger charge is 2.28. The third kappa shape index (κ3) is 5.09. The zero-order chi connectivity index (χ0) is 24.8. The summed E-state index contributed by atoms with van der Waals surface area (Å²) in [7, 11) is 2.94. The number of methoxy groups -OCH3 is 2. The predicted octanol–water partition coefficient (Wildman–Crippen LogP) is 3.44. The highest BCUT2D eigenvalue weighted by atomic mass is 35.5. The van der Waals surface area contributed by atoms with Crippen LogP contribution in [-0.2, 0) is 13.1 Å². The number of hydrogen-bond donors (Lipinski definition) is 2. The first-order valence-corrected chi connectivity index (χ1v) is 11.1. The van der Waals surface area contributed by atoms with E-state index in [0.717, 1.165) is 6.42 Å². The van der Waals surface area contributed by atoms with Crippen LogP contribution in [0.2, 0.25) is 5.02 Å². The van der Waals surface area contributed by atoms with Gasteiger partial charge in [0.05, 0.1) is 26.3 Å². The number of hydrogen-bond acceptors (Lipinski definition) is 6. The summed E-state index contributed by atoms with van der Waals surface area (Å²) in [6, 6.07) is 11.7. The zero-order valence-corrected chi connectivity index (χ0v) is 20.0. The largest absolute Gasteiger partial charge is 0.496 e. The summed E-state index contributed by atoms with van der Waals surface area (Å²) in [4.78, 5) is 42.8. The molecule has 1 aromatic heterocycles. The molecule has 0 aliphatic heterocycles. The topological polar surface area (TPSA) is 120 Å². The van der Waals surface area contributed by atoms with Crippen LogP contribution in [-0.4, -0.2) is 29.7 Å². The van der Waals surface area contributed by atoms with Gasteiger partial charge < -0.3 is 15.2 Å². The van der Waals surface area contributed by atoms with Crippen LogP contribution in [0.1, 0.15) is 35.7 Å². The van der Waals surface area contributed by atoms with E-state index in [-0.39, 0.29) is 29.4 Å². The van der Waals surface area contributed by atoms with E-state index in [1.807, 2.05) is 6.92 Å². The molecule has 3 aromatic rings. The summed E-state index contributed by atoms with van der Waals surface area (Å²) >= 11 is 6.16. The van der Waals surface area contributed by atoms with Gasteiger partial charge >= 0.3 is 5.69 Å². The van der Waals surface area contributed by atoms with E-state index in [9.17, 15) is 14.4 Å². The van der Waals surface area contributed by atoms with Crippen molar-refractivity contribution < 1.29 is 14.3 Å². The number of unbranched alkanes of at least 4 members (excludes halogenated alkanes) is 1. The average molecular weight is 487 g/mol. The van der Waals surface area contributed by atoms with Crippen molar-refractivity contribution in [1.82, 2.24) is 9.55 Å². The van der Waals surface area contributed by atoms with Gasteiger partial charge in [0.15, 0.2) is 5.69 Å². The Morgan fingerprint density at radius 1 is 1.12 bits per heavy atom. The van der Waals surface area contributed by atoms with E-state index in [4.69, 9.17) is 26.8 Å². The van der Waals surface area contributed by atoms with Gasteiger partial charge in [-0.2, -0.15) is 0 Å². The summed E-state index contributed by atoms with van der Waals surface area (Å²) in [6.45, 7) is 2.21. The maximum Gasteiger partial charge on any atom is 0.330 e. The van der Waals surface area contributed by atoms with Crippen LogP contribution in [0.25, 0.3) is 0 Å².